The monoisotopic (exact) mass is 268 g/mol. The third-order valence-electron chi connectivity index (χ3n) is 2.16. The van der Waals surface area contributed by atoms with Gasteiger partial charge in [-0.25, -0.2) is 9.18 Å². The zero-order valence-electron chi connectivity index (χ0n) is 8.72. The Morgan fingerprint density at radius 1 is 1.41 bits per heavy atom. The summed E-state index contributed by atoms with van der Waals surface area (Å²) < 4.78 is 14.2. The normalized spacial score (nSPS) is 10.4. The third kappa shape index (κ3) is 3.08. The Bertz CT molecular complexity index is 523. The first kappa shape index (κ1) is 12.1. The molecule has 1 aromatic heterocycles. The van der Waals surface area contributed by atoms with Crippen LogP contribution in [0.3, 0.4) is 0 Å². The van der Waals surface area contributed by atoms with Crippen molar-refractivity contribution in [2.24, 2.45) is 0 Å². The summed E-state index contributed by atoms with van der Waals surface area (Å²) in [6.07, 6.45) is 0. The molecule has 2 nitrogen and oxygen atoms in total. The Kier molecular flexibility index (Phi) is 3.81. The van der Waals surface area contributed by atoms with Gasteiger partial charge in [-0.15, -0.1) is 23.1 Å². The van der Waals surface area contributed by atoms with Crippen molar-refractivity contribution in [1.82, 2.24) is 0 Å². The van der Waals surface area contributed by atoms with Gasteiger partial charge in [0.2, 0.25) is 0 Å². The summed E-state index contributed by atoms with van der Waals surface area (Å²) in [5, 5.41) is 10.9. The van der Waals surface area contributed by atoms with Gasteiger partial charge in [-0.05, 0) is 35.2 Å². The second kappa shape index (κ2) is 5.33. The molecule has 0 saturated heterocycles. The van der Waals surface area contributed by atoms with E-state index in [-0.39, 0.29) is 5.56 Å². The molecule has 1 heterocycles. The SMILES string of the molecule is O=C(O)c1ccc(F)cc1CSc1cccs1. The van der Waals surface area contributed by atoms with Crippen LogP contribution in [0.15, 0.2) is 39.9 Å². The molecule has 0 bridgehead atoms. The first-order chi connectivity index (χ1) is 8.16. The summed E-state index contributed by atoms with van der Waals surface area (Å²) in [5.41, 5.74) is 0.673. The Balaban J connectivity index is 2.19. The number of carboxylic acids is 1. The number of rotatable bonds is 4. The van der Waals surface area contributed by atoms with Gasteiger partial charge in [-0.1, -0.05) is 6.07 Å². The van der Waals surface area contributed by atoms with Crippen LogP contribution >= 0.6 is 23.1 Å². The van der Waals surface area contributed by atoms with Crippen LogP contribution in [0.25, 0.3) is 0 Å². The zero-order valence-corrected chi connectivity index (χ0v) is 10.4. The van der Waals surface area contributed by atoms with E-state index in [9.17, 15) is 9.18 Å². The number of thioether (sulfide) groups is 1. The van der Waals surface area contributed by atoms with E-state index in [0.29, 0.717) is 11.3 Å². The fourth-order valence-electron chi connectivity index (χ4n) is 1.38. The van der Waals surface area contributed by atoms with Crippen molar-refractivity contribution in [3.05, 3.63) is 52.7 Å². The third-order valence-corrected chi connectivity index (χ3v) is 4.34. The summed E-state index contributed by atoms with van der Waals surface area (Å²) in [4.78, 5) is 11.0. The lowest BCUT2D eigenvalue weighted by Crippen LogP contribution is -2.01. The van der Waals surface area contributed by atoms with Crippen molar-refractivity contribution in [3.8, 4) is 0 Å². The Morgan fingerprint density at radius 2 is 2.24 bits per heavy atom. The van der Waals surface area contributed by atoms with E-state index in [2.05, 4.69) is 0 Å². The van der Waals surface area contributed by atoms with Crippen LogP contribution in [0.5, 0.6) is 0 Å². The van der Waals surface area contributed by atoms with Crippen LogP contribution in [-0.4, -0.2) is 11.1 Å². The highest BCUT2D eigenvalue weighted by Crippen LogP contribution is 2.28. The molecule has 0 aliphatic carbocycles. The standard InChI is InChI=1S/C12H9FO2S2/c13-9-3-4-10(12(14)15)8(6-9)7-17-11-2-1-5-16-11/h1-6H,7H2,(H,14,15). The van der Waals surface area contributed by atoms with Crippen LogP contribution in [0, 0.1) is 5.82 Å². The Morgan fingerprint density at radius 3 is 2.88 bits per heavy atom. The van der Waals surface area contributed by atoms with E-state index in [1.54, 1.807) is 11.3 Å². The van der Waals surface area contributed by atoms with Gasteiger partial charge in [0.25, 0.3) is 0 Å². The van der Waals surface area contributed by atoms with E-state index in [1.165, 1.54) is 30.0 Å². The van der Waals surface area contributed by atoms with Gasteiger partial charge in [0.15, 0.2) is 0 Å². The summed E-state index contributed by atoms with van der Waals surface area (Å²) in [7, 11) is 0. The Labute approximate surface area is 106 Å². The first-order valence-corrected chi connectivity index (χ1v) is 6.71. The maximum Gasteiger partial charge on any atom is 0.335 e. The second-order valence-corrected chi connectivity index (χ2v) is 5.55. The number of carbonyl (C=O) groups is 1. The predicted molar refractivity (Wildman–Crippen MR) is 67.2 cm³/mol. The largest absolute Gasteiger partial charge is 0.478 e. The molecule has 0 unspecified atom stereocenters. The quantitative estimate of drug-likeness (QED) is 0.855. The van der Waals surface area contributed by atoms with Crippen LogP contribution in [-0.2, 0) is 5.75 Å². The van der Waals surface area contributed by atoms with E-state index >= 15 is 0 Å². The van der Waals surface area contributed by atoms with Gasteiger partial charge in [-0.2, -0.15) is 0 Å². The molecule has 5 heteroatoms. The molecule has 0 fully saturated rings. The molecule has 0 amide bonds. The van der Waals surface area contributed by atoms with Gasteiger partial charge in [0, 0.05) is 5.75 Å². The number of aromatic carboxylic acids is 1. The average molecular weight is 268 g/mol. The average Bonchev–Trinajstić information content (AvgIpc) is 2.78. The number of hydrogen-bond donors (Lipinski definition) is 1. The number of benzene rings is 1. The number of carboxylic acid groups (broad SMARTS) is 1. The van der Waals surface area contributed by atoms with E-state index in [0.717, 1.165) is 4.21 Å². The maximum atomic E-state index is 13.1. The van der Waals surface area contributed by atoms with E-state index in [1.807, 2.05) is 17.5 Å². The van der Waals surface area contributed by atoms with Crippen LogP contribution < -0.4 is 0 Å². The minimum atomic E-state index is -1.02. The highest BCUT2D eigenvalue weighted by atomic mass is 32.2. The minimum absolute atomic E-state index is 0.162. The number of hydrogen-bond acceptors (Lipinski definition) is 3. The molecule has 2 rings (SSSR count). The highest BCUT2D eigenvalue weighted by molar-refractivity contribution is 8.00. The minimum Gasteiger partial charge on any atom is -0.478 e. The van der Waals surface area contributed by atoms with Gasteiger partial charge < -0.3 is 5.11 Å². The van der Waals surface area contributed by atoms with Crippen LogP contribution in [0.2, 0.25) is 0 Å². The second-order valence-electron chi connectivity index (χ2n) is 3.33. The summed E-state index contributed by atoms with van der Waals surface area (Å²) in [6, 6.07) is 7.64. The molecule has 1 aromatic carbocycles. The maximum absolute atomic E-state index is 13.1. The molecule has 2 aromatic rings. The van der Waals surface area contributed by atoms with Crippen molar-refractivity contribution >= 4 is 29.1 Å². The molecule has 0 atom stereocenters. The van der Waals surface area contributed by atoms with Gasteiger partial charge in [0.05, 0.1) is 9.77 Å². The lowest BCUT2D eigenvalue weighted by Gasteiger charge is -2.05. The van der Waals surface area contributed by atoms with Gasteiger partial charge in [0.1, 0.15) is 5.82 Å². The van der Waals surface area contributed by atoms with Crippen LogP contribution in [0.1, 0.15) is 15.9 Å². The van der Waals surface area contributed by atoms with Crippen LogP contribution in [0.4, 0.5) is 4.39 Å². The Hall–Kier alpha value is -1.33. The van der Waals surface area contributed by atoms with Gasteiger partial charge >= 0.3 is 5.97 Å². The van der Waals surface area contributed by atoms with Crippen molar-refractivity contribution in [3.63, 3.8) is 0 Å². The lowest BCUT2D eigenvalue weighted by atomic mass is 10.1. The topological polar surface area (TPSA) is 37.3 Å². The predicted octanol–water partition coefficient (Wildman–Crippen LogP) is 3.88. The zero-order chi connectivity index (χ0) is 12.3. The van der Waals surface area contributed by atoms with Crippen molar-refractivity contribution < 1.29 is 14.3 Å². The molecule has 0 spiro atoms. The fraction of sp³-hybridized carbons (Fsp3) is 0.0833. The molecule has 0 aliphatic rings. The highest BCUT2D eigenvalue weighted by Gasteiger charge is 2.11. The molecule has 0 radical (unpaired) electrons. The molecular weight excluding hydrogens is 259 g/mol. The fourth-order valence-corrected chi connectivity index (χ4v) is 3.16. The number of thiophene rings is 1. The molecule has 88 valence electrons. The van der Waals surface area contributed by atoms with Crippen molar-refractivity contribution in [2.75, 3.05) is 0 Å². The molecule has 0 aliphatic heterocycles. The molecular formula is C12H9FO2S2. The molecule has 17 heavy (non-hydrogen) atoms. The molecule has 1 N–H and O–H groups in total. The van der Waals surface area contributed by atoms with Gasteiger partial charge in [-0.3, -0.25) is 0 Å². The summed E-state index contributed by atoms with van der Waals surface area (Å²) >= 11 is 3.09. The molecule has 0 saturated carbocycles. The number of halogens is 1. The van der Waals surface area contributed by atoms with E-state index in [4.69, 9.17) is 5.11 Å². The van der Waals surface area contributed by atoms with Crippen molar-refractivity contribution in [1.29, 1.82) is 0 Å². The smallest absolute Gasteiger partial charge is 0.335 e. The summed E-state index contributed by atoms with van der Waals surface area (Å²) in [5.74, 6) is -0.969. The lowest BCUT2D eigenvalue weighted by molar-refractivity contribution is 0.0696. The van der Waals surface area contributed by atoms with Crippen molar-refractivity contribution in [2.45, 2.75) is 9.96 Å². The first-order valence-electron chi connectivity index (χ1n) is 4.85. The summed E-state index contributed by atoms with van der Waals surface area (Å²) in [6.45, 7) is 0. The van der Waals surface area contributed by atoms with E-state index < -0.39 is 11.8 Å².